The summed E-state index contributed by atoms with van der Waals surface area (Å²) < 4.78 is 5.83. The molecule has 0 aromatic heterocycles. The molecule has 2 unspecified atom stereocenters. The molecule has 0 amide bonds. The van der Waals surface area contributed by atoms with Crippen LogP contribution in [0.15, 0.2) is 0 Å². The van der Waals surface area contributed by atoms with Gasteiger partial charge in [-0.3, -0.25) is 4.90 Å². The molecule has 130 valence electrons. The smallest absolute Gasteiger partial charge is 0.0731 e. The van der Waals surface area contributed by atoms with Gasteiger partial charge in [-0.05, 0) is 12.8 Å². The first-order valence-corrected chi connectivity index (χ1v) is 10.2. The molecular weight excluding hydrogens is 270 g/mol. The molecule has 2 nitrogen and oxygen atoms in total. The first kappa shape index (κ1) is 18.3. The van der Waals surface area contributed by atoms with Gasteiger partial charge in [-0.2, -0.15) is 0 Å². The van der Waals surface area contributed by atoms with Crippen LogP contribution < -0.4 is 0 Å². The van der Waals surface area contributed by atoms with Gasteiger partial charge in [0.1, 0.15) is 0 Å². The molecule has 3 saturated heterocycles. The van der Waals surface area contributed by atoms with Crippen molar-refractivity contribution in [2.75, 3.05) is 13.1 Å². The maximum absolute atomic E-state index is 5.83. The third-order valence-electron chi connectivity index (χ3n) is 5.59. The zero-order valence-corrected chi connectivity index (χ0v) is 15.2. The van der Waals surface area contributed by atoms with Crippen LogP contribution in [0.3, 0.4) is 0 Å². The number of nitrogens with zero attached hydrogens (tertiary/aromatic N) is 1. The predicted octanol–water partition coefficient (Wildman–Crippen LogP) is 5.55. The van der Waals surface area contributed by atoms with E-state index in [-0.39, 0.29) is 0 Å². The molecule has 0 aromatic carbocycles. The van der Waals surface area contributed by atoms with E-state index in [1.165, 1.54) is 96.6 Å². The van der Waals surface area contributed by atoms with Crippen LogP contribution in [0.25, 0.3) is 0 Å². The van der Waals surface area contributed by atoms with Crippen molar-refractivity contribution in [1.29, 1.82) is 0 Å². The van der Waals surface area contributed by atoms with Crippen molar-refractivity contribution in [1.82, 2.24) is 4.90 Å². The summed E-state index contributed by atoms with van der Waals surface area (Å²) in [7, 11) is 0. The Morgan fingerprint density at radius 3 is 1.68 bits per heavy atom. The largest absolute Gasteiger partial charge is 0.372 e. The van der Waals surface area contributed by atoms with Gasteiger partial charge in [0, 0.05) is 25.6 Å². The van der Waals surface area contributed by atoms with Crippen molar-refractivity contribution >= 4 is 0 Å². The lowest BCUT2D eigenvalue weighted by atomic mass is 9.93. The molecule has 0 N–H and O–H groups in total. The molecule has 0 aliphatic carbocycles. The van der Waals surface area contributed by atoms with Crippen molar-refractivity contribution in [3.8, 4) is 0 Å². The summed E-state index contributed by atoms with van der Waals surface area (Å²) in [4.78, 5) is 2.78. The summed E-state index contributed by atoms with van der Waals surface area (Å²) in [5.41, 5.74) is 0. The Morgan fingerprint density at radius 1 is 0.773 bits per heavy atom. The molecule has 2 heteroatoms. The minimum atomic E-state index is 0.571. The van der Waals surface area contributed by atoms with Crippen molar-refractivity contribution < 1.29 is 4.74 Å². The fraction of sp³-hybridized carbons (Fsp3) is 1.00. The van der Waals surface area contributed by atoms with Gasteiger partial charge in [-0.1, -0.05) is 78.1 Å². The van der Waals surface area contributed by atoms with E-state index in [1.807, 2.05) is 0 Å². The second-order valence-corrected chi connectivity index (χ2v) is 7.63. The SMILES string of the molecule is CCCCCCCC(CCCCCCC)N1CC2CC(C1)O2. The number of unbranched alkanes of at least 4 members (excludes halogenated alkanes) is 8. The van der Waals surface area contributed by atoms with E-state index >= 15 is 0 Å². The monoisotopic (exact) mass is 309 g/mol. The third-order valence-corrected chi connectivity index (χ3v) is 5.59. The maximum Gasteiger partial charge on any atom is 0.0731 e. The normalized spacial score (nSPS) is 24.7. The van der Waals surface area contributed by atoms with E-state index in [2.05, 4.69) is 18.7 Å². The molecule has 3 aliphatic rings. The molecular formula is C20H39NO. The third kappa shape index (κ3) is 6.20. The van der Waals surface area contributed by atoms with Crippen LogP contribution in [0.1, 0.15) is 97.3 Å². The van der Waals surface area contributed by atoms with E-state index in [4.69, 9.17) is 4.74 Å². The van der Waals surface area contributed by atoms with Gasteiger partial charge in [-0.25, -0.2) is 0 Å². The Bertz CT molecular complexity index is 251. The number of ether oxygens (including phenoxy) is 1. The Hall–Kier alpha value is -0.0800. The fourth-order valence-corrected chi connectivity index (χ4v) is 4.16. The molecule has 0 aromatic rings. The molecule has 3 aliphatic heterocycles. The van der Waals surface area contributed by atoms with Crippen LogP contribution in [0.5, 0.6) is 0 Å². The second-order valence-electron chi connectivity index (χ2n) is 7.63. The standard InChI is InChI=1S/C20H39NO/c1-3-5-7-9-11-13-18(14-12-10-8-6-4-2)21-16-19-15-20(17-21)22-19/h18-20H,3-17H2,1-2H3. The van der Waals surface area contributed by atoms with E-state index in [0.717, 1.165) is 6.04 Å². The average Bonchev–Trinajstić information content (AvgIpc) is 2.52. The second kappa shape index (κ2) is 10.6. The molecule has 3 rings (SSSR count). The topological polar surface area (TPSA) is 12.5 Å². The van der Waals surface area contributed by atoms with Gasteiger partial charge in [-0.15, -0.1) is 0 Å². The molecule has 3 heterocycles. The number of fused-ring (bicyclic) bond motifs is 2. The minimum absolute atomic E-state index is 0.571. The van der Waals surface area contributed by atoms with Crippen molar-refractivity contribution in [3.63, 3.8) is 0 Å². The van der Waals surface area contributed by atoms with Crippen LogP contribution in [0, 0.1) is 0 Å². The van der Waals surface area contributed by atoms with Crippen LogP contribution in [0.4, 0.5) is 0 Å². The molecule has 0 spiro atoms. The zero-order chi connectivity index (χ0) is 15.6. The van der Waals surface area contributed by atoms with E-state index < -0.39 is 0 Å². The molecule has 0 saturated carbocycles. The fourth-order valence-electron chi connectivity index (χ4n) is 4.16. The Kier molecular flexibility index (Phi) is 8.84. The minimum Gasteiger partial charge on any atom is -0.372 e. The highest BCUT2D eigenvalue weighted by atomic mass is 16.5. The molecule has 2 atom stereocenters. The first-order chi connectivity index (χ1) is 10.8. The molecule has 22 heavy (non-hydrogen) atoms. The summed E-state index contributed by atoms with van der Waals surface area (Å²) in [5, 5.41) is 0. The number of hydrogen-bond acceptors (Lipinski definition) is 2. The van der Waals surface area contributed by atoms with Gasteiger partial charge in [0.2, 0.25) is 0 Å². The van der Waals surface area contributed by atoms with E-state index in [9.17, 15) is 0 Å². The van der Waals surface area contributed by atoms with Crippen LogP contribution >= 0.6 is 0 Å². The summed E-state index contributed by atoms with van der Waals surface area (Å²) in [6.45, 7) is 7.04. The van der Waals surface area contributed by atoms with Crippen molar-refractivity contribution in [2.24, 2.45) is 0 Å². The number of piperidine rings is 1. The highest BCUT2D eigenvalue weighted by Gasteiger charge is 2.40. The van der Waals surface area contributed by atoms with Gasteiger partial charge in [0.25, 0.3) is 0 Å². The van der Waals surface area contributed by atoms with Gasteiger partial charge in [0.05, 0.1) is 12.2 Å². The summed E-state index contributed by atoms with van der Waals surface area (Å²) in [5.74, 6) is 0. The lowest BCUT2D eigenvalue weighted by Gasteiger charge is -2.49. The summed E-state index contributed by atoms with van der Waals surface area (Å²) >= 11 is 0. The summed E-state index contributed by atoms with van der Waals surface area (Å²) in [6, 6.07) is 0.845. The highest BCUT2D eigenvalue weighted by molar-refractivity contribution is 4.91. The van der Waals surface area contributed by atoms with Gasteiger partial charge < -0.3 is 4.74 Å². The van der Waals surface area contributed by atoms with Crippen LogP contribution in [-0.2, 0) is 4.74 Å². The maximum atomic E-state index is 5.83. The number of rotatable bonds is 13. The quantitative estimate of drug-likeness (QED) is 0.414. The Labute approximate surface area is 139 Å². The van der Waals surface area contributed by atoms with E-state index in [0.29, 0.717) is 12.2 Å². The molecule has 0 radical (unpaired) electrons. The van der Waals surface area contributed by atoms with Gasteiger partial charge >= 0.3 is 0 Å². The summed E-state index contributed by atoms with van der Waals surface area (Å²) in [6.07, 6.45) is 19.5. The average molecular weight is 310 g/mol. The Morgan fingerprint density at radius 2 is 1.23 bits per heavy atom. The first-order valence-electron chi connectivity index (χ1n) is 10.2. The Balaban J connectivity index is 1.66. The molecule has 3 fully saturated rings. The lowest BCUT2D eigenvalue weighted by Crippen LogP contribution is -2.59. The van der Waals surface area contributed by atoms with Crippen LogP contribution in [0.2, 0.25) is 0 Å². The lowest BCUT2D eigenvalue weighted by molar-refractivity contribution is -0.189. The molecule has 2 bridgehead atoms. The van der Waals surface area contributed by atoms with Crippen molar-refractivity contribution in [3.05, 3.63) is 0 Å². The predicted molar refractivity (Wildman–Crippen MR) is 95.4 cm³/mol. The van der Waals surface area contributed by atoms with E-state index in [1.54, 1.807) is 0 Å². The number of morpholine rings is 1. The van der Waals surface area contributed by atoms with Crippen molar-refractivity contribution in [2.45, 2.75) is 116 Å². The zero-order valence-electron chi connectivity index (χ0n) is 15.2. The van der Waals surface area contributed by atoms with Crippen LogP contribution in [-0.4, -0.2) is 36.2 Å². The number of hydrogen-bond donors (Lipinski definition) is 0. The highest BCUT2D eigenvalue weighted by Crippen LogP contribution is 2.31. The van der Waals surface area contributed by atoms with Gasteiger partial charge in [0.15, 0.2) is 0 Å².